The van der Waals surface area contributed by atoms with Gasteiger partial charge in [0.1, 0.15) is 6.04 Å². The molecule has 0 aliphatic rings. The number of hydrogen-bond donors (Lipinski definition) is 2. The van der Waals surface area contributed by atoms with Crippen molar-refractivity contribution in [2.45, 2.75) is 19.4 Å². The van der Waals surface area contributed by atoms with Crippen molar-refractivity contribution in [3.63, 3.8) is 0 Å². The van der Waals surface area contributed by atoms with E-state index >= 15 is 0 Å². The quantitative estimate of drug-likeness (QED) is 0.614. The van der Waals surface area contributed by atoms with Gasteiger partial charge in [0.25, 0.3) is 0 Å². The molecule has 13 heavy (non-hydrogen) atoms. The average Bonchev–Trinajstić information content (AvgIpc) is 2.04. The van der Waals surface area contributed by atoms with E-state index in [4.69, 9.17) is 11.5 Å². The Hall–Kier alpha value is -1.70. The molecule has 0 spiro atoms. The summed E-state index contributed by atoms with van der Waals surface area (Å²) >= 11 is 0. The van der Waals surface area contributed by atoms with Crippen molar-refractivity contribution in [2.24, 2.45) is 0 Å². The van der Waals surface area contributed by atoms with E-state index in [9.17, 15) is 9.59 Å². The van der Waals surface area contributed by atoms with Gasteiger partial charge in [0.05, 0.1) is 6.61 Å². The number of terminal acetylenes is 1. The summed E-state index contributed by atoms with van der Waals surface area (Å²) in [5.74, 6) is 0.970. The summed E-state index contributed by atoms with van der Waals surface area (Å²) in [6.45, 7) is 1.81. The smallest absolute Gasteiger partial charge is 0.407 e. The van der Waals surface area contributed by atoms with Crippen LogP contribution >= 0.6 is 0 Å². The Labute approximate surface area is 76.1 Å². The maximum atomic E-state index is 10.8. The largest absolute Gasteiger partial charge is 0.480 e. The number of carbonyl (C=O) groups is 2. The van der Waals surface area contributed by atoms with Crippen molar-refractivity contribution < 1.29 is 19.4 Å². The number of rotatable bonds is 4. The van der Waals surface area contributed by atoms with Crippen LogP contribution in [0.2, 0.25) is 0 Å². The van der Waals surface area contributed by atoms with E-state index in [0.29, 0.717) is 0 Å². The molecule has 0 aliphatic heterocycles. The Morgan fingerprint density at radius 2 is 2.31 bits per heavy atom. The van der Waals surface area contributed by atoms with Crippen molar-refractivity contribution in [3.05, 3.63) is 0 Å². The molecule has 0 saturated carbocycles. The normalized spacial score (nSPS) is 11.1. The third-order valence-corrected chi connectivity index (χ3v) is 1.19. The van der Waals surface area contributed by atoms with Crippen molar-refractivity contribution in [1.29, 1.82) is 0 Å². The number of carboxylic acids is 1. The molecule has 0 aromatic heterocycles. The Morgan fingerprint density at radius 3 is 2.69 bits per heavy atom. The molecule has 0 aromatic rings. The van der Waals surface area contributed by atoms with E-state index in [1.54, 1.807) is 6.92 Å². The minimum absolute atomic E-state index is 0.0614. The Kier molecular flexibility index (Phi) is 5.12. The van der Waals surface area contributed by atoms with E-state index in [0.717, 1.165) is 0 Å². The third-order valence-electron chi connectivity index (χ3n) is 1.19. The fourth-order valence-electron chi connectivity index (χ4n) is 0.633. The first kappa shape index (κ1) is 11.3. The Balaban J connectivity index is 4.03. The molecular weight excluding hydrogens is 174 g/mol. The molecule has 2 N–H and O–H groups in total. The molecule has 1 atom stereocenters. The molecule has 0 heterocycles. The first-order valence-corrected chi connectivity index (χ1v) is 3.71. The van der Waals surface area contributed by atoms with Crippen LogP contribution in [-0.2, 0) is 9.53 Å². The maximum absolute atomic E-state index is 10.8. The lowest BCUT2D eigenvalue weighted by Gasteiger charge is -2.10. The van der Waals surface area contributed by atoms with Crippen LogP contribution in [-0.4, -0.2) is 29.8 Å². The number of carbonyl (C=O) groups excluding carboxylic acids is 1. The van der Waals surface area contributed by atoms with E-state index in [1.165, 1.54) is 0 Å². The number of nitrogens with one attached hydrogen (secondary N) is 1. The van der Waals surface area contributed by atoms with Gasteiger partial charge in [-0.05, 0) is 6.92 Å². The van der Waals surface area contributed by atoms with Gasteiger partial charge in [-0.2, -0.15) is 0 Å². The highest BCUT2D eigenvalue weighted by atomic mass is 16.5. The minimum Gasteiger partial charge on any atom is -0.480 e. The molecule has 1 unspecified atom stereocenters. The monoisotopic (exact) mass is 185 g/mol. The molecule has 0 saturated heterocycles. The molecule has 0 aliphatic carbocycles. The summed E-state index contributed by atoms with van der Waals surface area (Å²) < 4.78 is 4.49. The van der Waals surface area contributed by atoms with Crippen LogP contribution in [0.5, 0.6) is 0 Å². The minimum atomic E-state index is -1.17. The number of amides is 1. The van der Waals surface area contributed by atoms with Crippen LogP contribution < -0.4 is 5.32 Å². The number of aliphatic carboxylic acids is 1. The van der Waals surface area contributed by atoms with Gasteiger partial charge in [0, 0.05) is 6.42 Å². The molecule has 0 rings (SSSR count). The number of hydrogen-bond acceptors (Lipinski definition) is 3. The Morgan fingerprint density at radius 1 is 1.69 bits per heavy atom. The average molecular weight is 185 g/mol. The summed E-state index contributed by atoms with van der Waals surface area (Å²) in [6, 6.07) is -1.08. The van der Waals surface area contributed by atoms with Crippen LogP contribution in [0.3, 0.4) is 0 Å². The molecule has 72 valence electrons. The highest BCUT2D eigenvalue weighted by Gasteiger charge is 2.18. The van der Waals surface area contributed by atoms with E-state index < -0.39 is 18.1 Å². The topological polar surface area (TPSA) is 75.6 Å². The second kappa shape index (κ2) is 5.89. The van der Waals surface area contributed by atoms with Crippen LogP contribution in [0.15, 0.2) is 0 Å². The third kappa shape index (κ3) is 4.69. The zero-order valence-electron chi connectivity index (χ0n) is 7.24. The molecular formula is C8H11NO4. The summed E-state index contributed by atoms with van der Waals surface area (Å²) in [5, 5.41) is 10.7. The highest BCUT2D eigenvalue weighted by Crippen LogP contribution is 1.91. The van der Waals surface area contributed by atoms with Gasteiger partial charge in [-0.15, -0.1) is 12.3 Å². The predicted octanol–water partition coefficient (Wildman–Crippen LogP) is 0.209. The molecule has 0 radical (unpaired) electrons. The summed E-state index contributed by atoms with van der Waals surface area (Å²) in [6.07, 6.45) is 4.08. The van der Waals surface area contributed by atoms with Crippen LogP contribution in [0, 0.1) is 12.3 Å². The van der Waals surface area contributed by atoms with Crippen molar-refractivity contribution in [1.82, 2.24) is 5.32 Å². The van der Waals surface area contributed by atoms with Crippen molar-refractivity contribution in [3.8, 4) is 12.3 Å². The maximum Gasteiger partial charge on any atom is 0.407 e. The lowest BCUT2D eigenvalue weighted by molar-refractivity contribution is -0.139. The molecule has 5 nitrogen and oxygen atoms in total. The predicted molar refractivity (Wildman–Crippen MR) is 45.0 cm³/mol. The zero-order chi connectivity index (χ0) is 10.3. The van der Waals surface area contributed by atoms with Gasteiger partial charge >= 0.3 is 12.1 Å². The first-order valence-electron chi connectivity index (χ1n) is 3.71. The number of alkyl carbamates (subject to hydrolysis) is 1. The summed E-state index contributed by atoms with van der Waals surface area (Å²) in [7, 11) is 0. The fraction of sp³-hybridized carbons (Fsp3) is 0.500. The van der Waals surface area contributed by atoms with Crippen LogP contribution in [0.4, 0.5) is 4.79 Å². The van der Waals surface area contributed by atoms with Gasteiger partial charge in [-0.1, -0.05) is 0 Å². The number of ether oxygens (including phenoxy) is 1. The zero-order valence-corrected chi connectivity index (χ0v) is 7.24. The lowest BCUT2D eigenvalue weighted by atomic mass is 10.2. The number of carboxylic acid groups (broad SMARTS) is 1. The van der Waals surface area contributed by atoms with Gasteiger partial charge in [0.2, 0.25) is 0 Å². The van der Waals surface area contributed by atoms with Crippen molar-refractivity contribution >= 4 is 12.1 Å². The van der Waals surface area contributed by atoms with Crippen LogP contribution in [0.1, 0.15) is 13.3 Å². The second-order valence-corrected chi connectivity index (χ2v) is 2.16. The lowest BCUT2D eigenvalue weighted by Crippen LogP contribution is -2.40. The van der Waals surface area contributed by atoms with Crippen LogP contribution in [0.25, 0.3) is 0 Å². The van der Waals surface area contributed by atoms with Gasteiger partial charge in [-0.25, -0.2) is 9.59 Å². The standard InChI is InChI=1S/C8H11NO4/c1-3-5-6(7(10)11)9-8(12)13-4-2/h1,6H,4-5H2,2H3,(H,9,12)(H,10,11). The van der Waals surface area contributed by atoms with Gasteiger partial charge in [-0.3, -0.25) is 0 Å². The molecule has 1 amide bonds. The molecule has 0 bridgehead atoms. The highest BCUT2D eigenvalue weighted by molar-refractivity contribution is 5.80. The van der Waals surface area contributed by atoms with Gasteiger partial charge in [0.15, 0.2) is 0 Å². The first-order chi connectivity index (χ1) is 6.11. The van der Waals surface area contributed by atoms with E-state index in [1.807, 2.05) is 0 Å². The van der Waals surface area contributed by atoms with E-state index in [2.05, 4.69) is 16.0 Å². The van der Waals surface area contributed by atoms with E-state index in [-0.39, 0.29) is 13.0 Å². The van der Waals surface area contributed by atoms with Crippen molar-refractivity contribution in [2.75, 3.05) is 6.61 Å². The Bertz CT molecular complexity index is 231. The summed E-state index contributed by atoms with van der Waals surface area (Å²) in [5.41, 5.74) is 0. The molecule has 0 fully saturated rings. The summed E-state index contributed by atoms with van der Waals surface area (Å²) in [4.78, 5) is 21.2. The molecule has 0 aromatic carbocycles. The molecule has 5 heteroatoms. The van der Waals surface area contributed by atoms with Gasteiger partial charge < -0.3 is 15.2 Å². The SMILES string of the molecule is C#CCC(NC(=O)OCC)C(=O)O. The fourth-order valence-corrected chi connectivity index (χ4v) is 0.633. The second-order valence-electron chi connectivity index (χ2n) is 2.16.